The number of carbonyl (C=O) groups excluding carboxylic acids is 2. The molecule has 0 saturated carbocycles. The summed E-state index contributed by atoms with van der Waals surface area (Å²) >= 11 is 1.04. The molecule has 2 rings (SSSR count). The molecule has 0 aliphatic carbocycles. The quantitative estimate of drug-likeness (QED) is 0.804. The average Bonchev–Trinajstić information content (AvgIpc) is 2.85. The van der Waals surface area contributed by atoms with Crippen LogP contribution in [0, 0.1) is 18.6 Å². The second kappa shape index (κ2) is 7.82. The molecule has 1 N–H and O–H groups in total. The number of anilines is 1. The predicted octanol–water partition coefficient (Wildman–Crippen LogP) is 2.07. The molecule has 128 valence electrons. The van der Waals surface area contributed by atoms with E-state index in [2.05, 4.69) is 5.32 Å². The average molecular weight is 356 g/mol. The van der Waals surface area contributed by atoms with E-state index < -0.39 is 30.1 Å². The maximum atomic E-state index is 13.0. The van der Waals surface area contributed by atoms with Gasteiger partial charge in [-0.1, -0.05) is 11.3 Å². The van der Waals surface area contributed by atoms with Crippen molar-refractivity contribution in [3.63, 3.8) is 0 Å². The molecule has 0 atom stereocenters. The minimum Gasteiger partial charge on any atom is -0.456 e. The summed E-state index contributed by atoms with van der Waals surface area (Å²) in [5.41, 5.74) is 0.796. The third-order valence-corrected chi connectivity index (χ3v) is 3.96. The summed E-state index contributed by atoms with van der Waals surface area (Å²) in [4.78, 5) is 34.5. The minimum absolute atomic E-state index is 0.0513. The monoisotopic (exact) mass is 356 g/mol. The Hall–Kier alpha value is -2.55. The Balaban J connectivity index is 1.77. The van der Waals surface area contributed by atoms with E-state index in [9.17, 15) is 23.2 Å². The van der Waals surface area contributed by atoms with Crippen molar-refractivity contribution in [1.82, 2.24) is 4.57 Å². The highest BCUT2D eigenvalue weighted by Gasteiger charge is 2.11. The van der Waals surface area contributed by atoms with Crippen molar-refractivity contribution in [2.45, 2.75) is 19.9 Å². The molecule has 1 amide bonds. The zero-order valence-electron chi connectivity index (χ0n) is 12.7. The predicted molar refractivity (Wildman–Crippen MR) is 83.9 cm³/mol. The Morgan fingerprint density at radius 1 is 1.29 bits per heavy atom. The van der Waals surface area contributed by atoms with E-state index in [0.717, 1.165) is 29.2 Å². The van der Waals surface area contributed by atoms with Gasteiger partial charge in [0.15, 0.2) is 18.2 Å². The lowest BCUT2D eigenvalue weighted by molar-refractivity contribution is -0.147. The highest BCUT2D eigenvalue weighted by atomic mass is 32.1. The number of rotatable bonds is 6. The molecule has 24 heavy (non-hydrogen) atoms. The van der Waals surface area contributed by atoms with Gasteiger partial charge in [0, 0.05) is 29.4 Å². The summed E-state index contributed by atoms with van der Waals surface area (Å²) in [6.07, 6.45) is -0.0596. The van der Waals surface area contributed by atoms with Gasteiger partial charge in [0.25, 0.3) is 5.91 Å². The van der Waals surface area contributed by atoms with Gasteiger partial charge in [0.1, 0.15) is 0 Å². The number of aromatic nitrogens is 1. The van der Waals surface area contributed by atoms with Crippen molar-refractivity contribution >= 4 is 28.9 Å². The number of ether oxygens (including phenoxy) is 1. The van der Waals surface area contributed by atoms with Crippen molar-refractivity contribution in [3.05, 3.63) is 50.6 Å². The highest BCUT2D eigenvalue weighted by Crippen LogP contribution is 2.12. The normalized spacial score (nSPS) is 10.5. The number of amides is 1. The van der Waals surface area contributed by atoms with Crippen LogP contribution < -0.4 is 10.2 Å². The Kier molecular flexibility index (Phi) is 5.80. The van der Waals surface area contributed by atoms with E-state index >= 15 is 0 Å². The van der Waals surface area contributed by atoms with Gasteiger partial charge in [-0.3, -0.25) is 14.4 Å². The molecule has 0 aliphatic heterocycles. The molecule has 0 spiro atoms. The highest BCUT2D eigenvalue weighted by molar-refractivity contribution is 7.07. The van der Waals surface area contributed by atoms with Crippen LogP contribution in [0.5, 0.6) is 0 Å². The van der Waals surface area contributed by atoms with Gasteiger partial charge in [0.2, 0.25) is 0 Å². The van der Waals surface area contributed by atoms with Gasteiger partial charge in [-0.2, -0.15) is 0 Å². The first-order chi connectivity index (χ1) is 11.4. The van der Waals surface area contributed by atoms with Crippen molar-refractivity contribution in [3.8, 4) is 0 Å². The van der Waals surface area contributed by atoms with Crippen molar-refractivity contribution in [2.24, 2.45) is 0 Å². The molecule has 6 nitrogen and oxygen atoms in total. The summed E-state index contributed by atoms with van der Waals surface area (Å²) < 4.78 is 32.0. The van der Waals surface area contributed by atoms with Crippen molar-refractivity contribution < 1.29 is 23.1 Å². The van der Waals surface area contributed by atoms with Gasteiger partial charge in [-0.05, 0) is 19.1 Å². The van der Waals surface area contributed by atoms with E-state index in [1.165, 1.54) is 10.6 Å². The zero-order chi connectivity index (χ0) is 17.7. The molecule has 0 radical (unpaired) electrons. The standard InChI is InChI=1S/C15H14F2N2O4S/c1-9-8-24-15(22)19(9)5-4-14(21)23-7-13(20)18-10-2-3-11(16)12(17)6-10/h2-3,6,8H,4-5,7H2,1H3,(H,18,20). The van der Waals surface area contributed by atoms with E-state index in [4.69, 9.17) is 4.74 Å². The molecule has 0 bridgehead atoms. The largest absolute Gasteiger partial charge is 0.456 e. The Labute approximate surface area is 139 Å². The maximum Gasteiger partial charge on any atom is 0.308 e. The van der Waals surface area contributed by atoms with Gasteiger partial charge >= 0.3 is 10.8 Å². The van der Waals surface area contributed by atoms with Crippen LogP contribution in [0.4, 0.5) is 14.5 Å². The van der Waals surface area contributed by atoms with E-state index in [-0.39, 0.29) is 23.5 Å². The number of nitrogens with one attached hydrogen (secondary N) is 1. The molecular weight excluding hydrogens is 342 g/mol. The minimum atomic E-state index is -1.10. The molecular formula is C15H14F2N2O4S. The molecule has 1 heterocycles. The molecule has 1 aromatic heterocycles. The number of nitrogens with zero attached hydrogens (tertiary/aromatic N) is 1. The summed E-state index contributed by atoms with van der Waals surface area (Å²) in [7, 11) is 0. The van der Waals surface area contributed by atoms with E-state index in [1.807, 2.05) is 0 Å². The first-order valence-electron chi connectivity index (χ1n) is 6.92. The lowest BCUT2D eigenvalue weighted by Gasteiger charge is -2.07. The molecule has 0 fully saturated rings. The second-order valence-electron chi connectivity index (χ2n) is 4.88. The van der Waals surface area contributed by atoms with Crippen LogP contribution >= 0.6 is 11.3 Å². The van der Waals surface area contributed by atoms with Crippen LogP contribution in [-0.4, -0.2) is 23.1 Å². The van der Waals surface area contributed by atoms with Crippen LogP contribution in [0.2, 0.25) is 0 Å². The summed E-state index contributed by atoms with van der Waals surface area (Å²) in [5.74, 6) is -3.45. The number of esters is 1. The van der Waals surface area contributed by atoms with Crippen molar-refractivity contribution in [1.29, 1.82) is 0 Å². The Bertz CT molecular complexity index is 816. The fourth-order valence-electron chi connectivity index (χ4n) is 1.87. The summed E-state index contributed by atoms with van der Waals surface area (Å²) in [5, 5.41) is 3.96. The van der Waals surface area contributed by atoms with E-state index in [1.54, 1.807) is 12.3 Å². The van der Waals surface area contributed by atoms with Gasteiger partial charge < -0.3 is 14.6 Å². The van der Waals surface area contributed by atoms with Crippen LogP contribution in [0.3, 0.4) is 0 Å². The second-order valence-corrected chi connectivity index (χ2v) is 5.70. The maximum absolute atomic E-state index is 13.0. The molecule has 2 aromatic rings. The molecule has 0 aliphatic rings. The van der Waals surface area contributed by atoms with Crippen molar-refractivity contribution in [2.75, 3.05) is 11.9 Å². The zero-order valence-corrected chi connectivity index (χ0v) is 13.5. The van der Waals surface area contributed by atoms with Crippen LogP contribution in [0.25, 0.3) is 0 Å². The number of thiazole rings is 1. The van der Waals surface area contributed by atoms with Gasteiger partial charge in [-0.25, -0.2) is 8.78 Å². The molecule has 0 saturated heterocycles. The molecule has 9 heteroatoms. The molecule has 0 unspecified atom stereocenters. The molecule has 1 aromatic carbocycles. The number of aryl methyl sites for hydroxylation is 1. The lowest BCUT2D eigenvalue weighted by Crippen LogP contribution is -2.22. The number of halogens is 2. The van der Waals surface area contributed by atoms with Crippen LogP contribution in [0.1, 0.15) is 12.1 Å². The number of hydrogen-bond donors (Lipinski definition) is 1. The SMILES string of the molecule is Cc1csc(=O)n1CCC(=O)OCC(=O)Nc1ccc(F)c(F)c1. The Morgan fingerprint density at radius 3 is 2.67 bits per heavy atom. The number of benzene rings is 1. The summed E-state index contributed by atoms with van der Waals surface area (Å²) in [6.45, 7) is 1.35. The lowest BCUT2D eigenvalue weighted by atomic mass is 10.3. The Morgan fingerprint density at radius 2 is 2.04 bits per heavy atom. The summed E-state index contributed by atoms with van der Waals surface area (Å²) in [6, 6.07) is 2.88. The van der Waals surface area contributed by atoms with E-state index in [0.29, 0.717) is 0 Å². The topological polar surface area (TPSA) is 77.4 Å². The fourth-order valence-corrected chi connectivity index (χ4v) is 2.63. The first kappa shape index (κ1) is 17.8. The van der Waals surface area contributed by atoms with Crippen LogP contribution in [0.15, 0.2) is 28.4 Å². The number of carbonyl (C=O) groups is 2. The van der Waals surface area contributed by atoms with Crippen LogP contribution in [-0.2, 0) is 20.9 Å². The first-order valence-corrected chi connectivity index (χ1v) is 7.80. The van der Waals surface area contributed by atoms with Gasteiger partial charge in [0.05, 0.1) is 6.42 Å². The third kappa shape index (κ3) is 4.72. The smallest absolute Gasteiger partial charge is 0.308 e. The fraction of sp³-hybridized carbons (Fsp3) is 0.267. The van der Waals surface area contributed by atoms with Gasteiger partial charge in [-0.15, -0.1) is 0 Å². The number of hydrogen-bond acceptors (Lipinski definition) is 5. The third-order valence-electron chi connectivity index (χ3n) is 3.08.